The summed E-state index contributed by atoms with van der Waals surface area (Å²) in [6.07, 6.45) is 3.96. The minimum Gasteiger partial charge on any atom is -0.366 e. The molecule has 1 aromatic carbocycles. The van der Waals surface area contributed by atoms with E-state index < -0.39 is 0 Å². The van der Waals surface area contributed by atoms with Crippen molar-refractivity contribution in [3.8, 4) is 0 Å². The molecule has 1 heterocycles. The second-order valence-electron chi connectivity index (χ2n) is 4.23. The van der Waals surface area contributed by atoms with Crippen molar-refractivity contribution in [2.75, 3.05) is 11.4 Å². The molecule has 1 fully saturated rings. The molecule has 1 aliphatic heterocycles. The van der Waals surface area contributed by atoms with Crippen LogP contribution in [0.3, 0.4) is 0 Å². The first-order valence-corrected chi connectivity index (χ1v) is 5.77. The van der Waals surface area contributed by atoms with Crippen LogP contribution in [0.15, 0.2) is 18.2 Å². The van der Waals surface area contributed by atoms with Gasteiger partial charge in [0.05, 0.1) is 5.69 Å². The highest BCUT2D eigenvalue weighted by Gasteiger charge is 2.24. The third-order valence-electron chi connectivity index (χ3n) is 3.27. The number of hydrogen-bond donors (Lipinski definition) is 0. The Bertz CT molecular complexity index is 392. The predicted octanol–water partition coefficient (Wildman–Crippen LogP) is 3.02. The van der Waals surface area contributed by atoms with E-state index in [2.05, 4.69) is 11.8 Å². The Morgan fingerprint density at radius 1 is 1.56 bits per heavy atom. The van der Waals surface area contributed by atoms with Crippen molar-refractivity contribution in [3.05, 3.63) is 29.6 Å². The molecule has 16 heavy (non-hydrogen) atoms. The van der Waals surface area contributed by atoms with Crippen molar-refractivity contribution in [2.24, 2.45) is 0 Å². The second kappa shape index (κ2) is 4.64. The molecule has 1 aliphatic rings. The maximum absolute atomic E-state index is 13.8. The van der Waals surface area contributed by atoms with Gasteiger partial charge in [0, 0.05) is 18.2 Å². The van der Waals surface area contributed by atoms with Gasteiger partial charge < -0.3 is 4.90 Å². The molecular weight excluding hydrogens is 205 g/mol. The van der Waals surface area contributed by atoms with Crippen LogP contribution >= 0.6 is 0 Å². The molecule has 0 radical (unpaired) electrons. The maximum atomic E-state index is 13.8. The van der Waals surface area contributed by atoms with E-state index in [0.29, 0.717) is 23.6 Å². The van der Waals surface area contributed by atoms with Gasteiger partial charge in [-0.3, -0.25) is 4.79 Å². The Hall–Kier alpha value is -1.38. The van der Waals surface area contributed by atoms with Gasteiger partial charge in [-0.1, -0.05) is 6.92 Å². The number of anilines is 1. The van der Waals surface area contributed by atoms with E-state index in [1.807, 2.05) is 0 Å². The smallest absolute Gasteiger partial charge is 0.150 e. The normalized spacial score (nSPS) is 20.1. The second-order valence-corrected chi connectivity index (χ2v) is 4.23. The van der Waals surface area contributed by atoms with Crippen LogP contribution in [-0.4, -0.2) is 18.9 Å². The fourth-order valence-corrected chi connectivity index (χ4v) is 2.41. The zero-order chi connectivity index (χ0) is 11.5. The monoisotopic (exact) mass is 221 g/mol. The predicted molar refractivity (Wildman–Crippen MR) is 62.4 cm³/mol. The van der Waals surface area contributed by atoms with Gasteiger partial charge in [-0.25, -0.2) is 4.39 Å². The molecule has 0 spiro atoms. The largest absolute Gasteiger partial charge is 0.366 e. The van der Waals surface area contributed by atoms with Gasteiger partial charge in [-0.05, 0) is 37.5 Å². The van der Waals surface area contributed by atoms with Crippen LogP contribution in [0.2, 0.25) is 0 Å². The summed E-state index contributed by atoms with van der Waals surface area (Å²) in [5.41, 5.74) is 1.03. The van der Waals surface area contributed by atoms with E-state index >= 15 is 0 Å². The topological polar surface area (TPSA) is 20.3 Å². The van der Waals surface area contributed by atoms with Gasteiger partial charge in [0.2, 0.25) is 0 Å². The van der Waals surface area contributed by atoms with Gasteiger partial charge in [-0.15, -0.1) is 0 Å². The van der Waals surface area contributed by atoms with E-state index in [-0.39, 0.29) is 5.82 Å². The average Bonchev–Trinajstić information content (AvgIpc) is 2.76. The summed E-state index contributed by atoms with van der Waals surface area (Å²) in [5.74, 6) is -0.287. The number of hydrogen-bond acceptors (Lipinski definition) is 2. The molecule has 2 rings (SSSR count). The molecule has 1 saturated heterocycles. The molecule has 1 aromatic rings. The number of rotatable bonds is 3. The first kappa shape index (κ1) is 11.1. The lowest BCUT2D eigenvalue weighted by atomic mass is 10.1. The molecule has 0 aromatic heterocycles. The number of nitrogens with zero attached hydrogens (tertiary/aromatic N) is 1. The van der Waals surface area contributed by atoms with E-state index in [9.17, 15) is 9.18 Å². The summed E-state index contributed by atoms with van der Waals surface area (Å²) >= 11 is 0. The van der Waals surface area contributed by atoms with Crippen molar-refractivity contribution in [1.82, 2.24) is 0 Å². The van der Waals surface area contributed by atoms with Gasteiger partial charge >= 0.3 is 0 Å². The van der Waals surface area contributed by atoms with E-state index in [1.54, 1.807) is 12.1 Å². The molecular formula is C13H16FNO. The van der Waals surface area contributed by atoms with E-state index in [1.165, 1.54) is 6.07 Å². The molecule has 0 N–H and O–H groups in total. The Morgan fingerprint density at radius 3 is 3.00 bits per heavy atom. The maximum Gasteiger partial charge on any atom is 0.150 e. The summed E-state index contributed by atoms with van der Waals surface area (Å²) in [7, 11) is 0. The molecule has 1 atom stereocenters. The SMILES string of the molecule is CCC1CCCN1c1ccc(C=O)cc1F. The number of benzene rings is 1. The highest BCUT2D eigenvalue weighted by atomic mass is 19.1. The van der Waals surface area contributed by atoms with Crippen LogP contribution in [0.5, 0.6) is 0 Å². The van der Waals surface area contributed by atoms with Crippen molar-refractivity contribution in [2.45, 2.75) is 32.2 Å². The number of halogens is 1. The van der Waals surface area contributed by atoms with Crippen LogP contribution in [0.25, 0.3) is 0 Å². The van der Waals surface area contributed by atoms with Crippen LogP contribution in [0.1, 0.15) is 36.5 Å². The minimum atomic E-state index is -0.287. The first-order chi connectivity index (χ1) is 7.76. The molecule has 1 unspecified atom stereocenters. The third-order valence-corrected chi connectivity index (χ3v) is 3.27. The summed E-state index contributed by atoms with van der Waals surface area (Å²) in [5, 5.41) is 0. The minimum absolute atomic E-state index is 0.287. The van der Waals surface area contributed by atoms with Crippen molar-refractivity contribution < 1.29 is 9.18 Å². The number of carbonyl (C=O) groups is 1. The van der Waals surface area contributed by atoms with Gasteiger partial charge in [0.25, 0.3) is 0 Å². The molecule has 2 nitrogen and oxygen atoms in total. The highest BCUT2D eigenvalue weighted by molar-refractivity contribution is 5.76. The average molecular weight is 221 g/mol. The summed E-state index contributed by atoms with van der Waals surface area (Å²) in [4.78, 5) is 12.6. The quantitative estimate of drug-likeness (QED) is 0.731. The van der Waals surface area contributed by atoms with Crippen molar-refractivity contribution in [1.29, 1.82) is 0 Å². The fraction of sp³-hybridized carbons (Fsp3) is 0.462. The van der Waals surface area contributed by atoms with Crippen molar-refractivity contribution in [3.63, 3.8) is 0 Å². The van der Waals surface area contributed by atoms with Crippen LogP contribution in [0, 0.1) is 5.82 Å². The standard InChI is InChI=1S/C13H16FNO/c1-2-11-4-3-7-15(11)13-6-5-10(9-16)8-12(13)14/h5-6,8-9,11H,2-4,7H2,1H3. The Balaban J connectivity index is 2.29. The highest BCUT2D eigenvalue weighted by Crippen LogP contribution is 2.29. The van der Waals surface area contributed by atoms with Crippen LogP contribution in [0.4, 0.5) is 10.1 Å². The van der Waals surface area contributed by atoms with Gasteiger partial charge in [-0.2, -0.15) is 0 Å². The van der Waals surface area contributed by atoms with Gasteiger partial charge in [0.15, 0.2) is 0 Å². The molecule has 0 amide bonds. The first-order valence-electron chi connectivity index (χ1n) is 5.77. The van der Waals surface area contributed by atoms with E-state index in [0.717, 1.165) is 25.8 Å². The third kappa shape index (κ3) is 1.94. The lowest BCUT2D eigenvalue weighted by molar-refractivity contribution is 0.112. The molecule has 86 valence electrons. The number of aldehydes is 1. The Labute approximate surface area is 95.1 Å². The summed E-state index contributed by atoms with van der Waals surface area (Å²) in [6.45, 7) is 3.04. The number of carbonyl (C=O) groups excluding carboxylic acids is 1. The zero-order valence-electron chi connectivity index (χ0n) is 9.45. The summed E-state index contributed by atoms with van der Waals surface area (Å²) in [6, 6.07) is 5.15. The molecule has 0 bridgehead atoms. The van der Waals surface area contributed by atoms with E-state index in [4.69, 9.17) is 0 Å². The lowest BCUT2D eigenvalue weighted by Gasteiger charge is -2.26. The van der Waals surface area contributed by atoms with Crippen LogP contribution < -0.4 is 4.90 Å². The van der Waals surface area contributed by atoms with Crippen molar-refractivity contribution >= 4 is 12.0 Å². The Morgan fingerprint density at radius 2 is 2.38 bits per heavy atom. The fourth-order valence-electron chi connectivity index (χ4n) is 2.41. The molecule has 3 heteroatoms. The zero-order valence-corrected chi connectivity index (χ0v) is 9.45. The summed E-state index contributed by atoms with van der Waals surface area (Å²) < 4.78 is 13.8. The molecule has 0 saturated carbocycles. The van der Waals surface area contributed by atoms with Crippen LogP contribution in [-0.2, 0) is 0 Å². The Kier molecular flexibility index (Phi) is 3.22. The lowest BCUT2D eigenvalue weighted by Crippen LogP contribution is -2.29. The van der Waals surface area contributed by atoms with Gasteiger partial charge in [0.1, 0.15) is 12.1 Å². The molecule has 0 aliphatic carbocycles.